The van der Waals surface area contributed by atoms with E-state index in [1.165, 1.54) is 7.05 Å². The fourth-order valence-electron chi connectivity index (χ4n) is 3.47. The van der Waals surface area contributed by atoms with Gasteiger partial charge in [0, 0.05) is 44.5 Å². The van der Waals surface area contributed by atoms with Gasteiger partial charge in [0.2, 0.25) is 10.0 Å². The van der Waals surface area contributed by atoms with Crippen molar-refractivity contribution in [2.24, 2.45) is 4.99 Å². The van der Waals surface area contributed by atoms with Crippen molar-refractivity contribution in [2.45, 2.75) is 18.4 Å². The number of ether oxygens (including phenoxy) is 1. The Morgan fingerprint density at radius 1 is 1.09 bits per heavy atom. The van der Waals surface area contributed by atoms with Crippen molar-refractivity contribution in [3.8, 4) is 5.75 Å². The van der Waals surface area contributed by atoms with Gasteiger partial charge in [-0.2, -0.15) is 0 Å². The van der Waals surface area contributed by atoms with E-state index < -0.39 is 10.0 Å². The molecule has 0 unspecified atom stereocenters. The smallest absolute Gasteiger partial charge is 0.240 e. The van der Waals surface area contributed by atoms with E-state index in [0.29, 0.717) is 6.54 Å². The average molecular weight is 574 g/mol. The van der Waals surface area contributed by atoms with Crippen LogP contribution in [0.1, 0.15) is 12.5 Å². The summed E-state index contributed by atoms with van der Waals surface area (Å²) in [5.41, 5.74) is 2.12. The first kappa shape index (κ1) is 26.2. The molecule has 2 aromatic rings. The van der Waals surface area contributed by atoms with Crippen LogP contribution >= 0.6 is 24.0 Å². The monoisotopic (exact) mass is 573 g/mol. The van der Waals surface area contributed by atoms with E-state index in [4.69, 9.17) is 9.73 Å². The molecule has 0 aromatic heterocycles. The van der Waals surface area contributed by atoms with Crippen LogP contribution in [0.15, 0.2) is 58.4 Å². The van der Waals surface area contributed by atoms with Gasteiger partial charge < -0.3 is 19.9 Å². The zero-order chi connectivity index (χ0) is 22.3. The lowest BCUT2D eigenvalue weighted by molar-refractivity contribution is 0.372. The van der Waals surface area contributed by atoms with Crippen LogP contribution in [-0.2, 0) is 16.6 Å². The molecule has 176 valence electrons. The number of nitrogens with zero attached hydrogens (tertiary/aromatic N) is 3. The normalized spacial score (nSPS) is 14.7. The molecule has 2 aromatic carbocycles. The molecular weight excluding hydrogens is 541 g/mol. The maximum Gasteiger partial charge on any atom is 0.240 e. The zero-order valence-electron chi connectivity index (χ0n) is 18.7. The number of nitrogens with one attached hydrogen (secondary N) is 2. The molecule has 32 heavy (non-hydrogen) atoms. The molecule has 0 spiro atoms. The minimum atomic E-state index is -3.42. The van der Waals surface area contributed by atoms with Gasteiger partial charge in [-0.3, -0.25) is 0 Å². The maximum absolute atomic E-state index is 11.9. The van der Waals surface area contributed by atoms with Crippen molar-refractivity contribution < 1.29 is 13.2 Å². The number of anilines is 1. The fraction of sp³-hybridized carbons (Fsp3) is 0.409. The Morgan fingerprint density at radius 2 is 1.78 bits per heavy atom. The largest absolute Gasteiger partial charge is 0.497 e. The molecule has 1 saturated heterocycles. The summed E-state index contributed by atoms with van der Waals surface area (Å²) in [6.45, 7) is 6.85. The van der Waals surface area contributed by atoms with Gasteiger partial charge in [0.25, 0.3) is 0 Å². The van der Waals surface area contributed by atoms with Gasteiger partial charge in [0.15, 0.2) is 5.96 Å². The van der Waals surface area contributed by atoms with E-state index in [-0.39, 0.29) is 28.9 Å². The van der Waals surface area contributed by atoms with Crippen LogP contribution in [-0.4, -0.2) is 66.2 Å². The second-order valence-corrected chi connectivity index (χ2v) is 9.08. The molecule has 10 heteroatoms. The standard InChI is InChI=1S/C22H31N5O3S.HI/c1-4-24-22(25-17-18-8-10-21(11-9-18)31(28,29)23-2)27-14-12-26(13-15-27)19-6-5-7-20(16-19)30-3;/h5-11,16,23H,4,12-15,17H2,1-3H3,(H,24,25);1H. The molecule has 8 nitrogen and oxygen atoms in total. The molecule has 0 saturated carbocycles. The molecule has 3 rings (SSSR count). The Morgan fingerprint density at radius 3 is 2.38 bits per heavy atom. The molecule has 0 atom stereocenters. The molecule has 2 N–H and O–H groups in total. The fourth-order valence-corrected chi connectivity index (χ4v) is 4.20. The Hall–Kier alpha value is -2.05. The van der Waals surface area contributed by atoms with E-state index in [1.54, 1.807) is 31.4 Å². The van der Waals surface area contributed by atoms with Crippen LogP contribution in [0.4, 0.5) is 5.69 Å². The van der Waals surface area contributed by atoms with Crippen molar-refractivity contribution in [1.29, 1.82) is 0 Å². The number of aliphatic imine (C=N–C) groups is 1. The van der Waals surface area contributed by atoms with Crippen molar-refractivity contribution >= 4 is 45.6 Å². The second kappa shape index (κ2) is 12.3. The predicted octanol–water partition coefficient (Wildman–Crippen LogP) is 2.51. The number of guanidine groups is 1. The van der Waals surface area contributed by atoms with Gasteiger partial charge in [-0.25, -0.2) is 18.1 Å². The van der Waals surface area contributed by atoms with E-state index in [1.807, 2.05) is 12.1 Å². The van der Waals surface area contributed by atoms with E-state index >= 15 is 0 Å². The topological polar surface area (TPSA) is 86.3 Å². The number of methoxy groups -OCH3 is 1. The molecular formula is C22H32IN5O3S. The quantitative estimate of drug-likeness (QED) is 0.301. The van der Waals surface area contributed by atoms with Gasteiger partial charge in [0.05, 0.1) is 18.6 Å². The van der Waals surface area contributed by atoms with Gasteiger partial charge >= 0.3 is 0 Å². The minimum absolute atomic E-state index is 0. The van der Waals surface area contributed by atoms with Crippen LogP contribution in [0.2, 0.25) is 0 Å². The maximum atomic E-state index is 11.9. The van der Waals surface area contributed by atoms with Gasteiger partial charge in [-0.15, -0.1) is 24.0 Å². The number of piperazine rings is 1. The minimum Gasteiger partial charge on any atom is -0.497 e. The summed E-state index contributed by atoms with van der Waals surface area (Å²) in [6, 6.07) is 15.0. The lowest BCUT2D eigenvalue weighted by atomic mass is 10.2. The number of hydrogen-bond donors (Lipinski definition) is 2. The Labute approximate surface area is 208 Å². The summed E-state index contributed by atoms with van der Waals surface area (Å²) < 4.78 is 31.4. The number of rotatable bonds is 7. The highest BCUT2D eigenvalue weighted by atomic mass is 127. The SMILES string of the molecule is CCNC(=NCc1ccc(S(=O)(=O)NC)cc1)N1CCN(c2cccc(OC)c2)CC1.I. The zero-order valence-corrected chi connectivity index (χ0v) is 21.9. The Kier molecular flexibility index (Phi) is 10.0. The molecule has 0 bridgehead atoms. The number of hydrogen-bond acceptors (Lipinski definition) is 5. The van der Waals surface area contributed by atoms with Crippen LogP contribution in [0.5, 0.6) is 5.75 Å². The Balaban J connectivity index is 0.00000363. The molecule has 1 fully saturated rings. The second-order valence-electron chi connectivity index (χ2n) is 7.20. The third-order valence-corrected chi connectivity index (χ3v) is 6.68. The summed E-state index contributed by atoms with van der Waals surface area (Å²) >= 11 is 0. The van der Waals surface area contributed by atoms with Crippen molar-refractivity contribution in [3.63, 3.8) is 0 Å². The summed E-state index contributed by atoms with van der Waals surface area (Å²) in [5, 5.41) is 3.37. The molecule has 0 radical (unpaired) electrons. The summed E-state index contributed by atoms with van der Waals surface area (Å²) in [7, 11) is -0.333. The third kappa shape index (κ3) is 6.72. The average Bonchev–Trinajstić information content (AvgIpc) is 2.82. The summed E-state index contributed by atoms with van der Waals surface area (Å²) in [6.07, 6.45) is 0. The number of sulfonamides is 1. The van der Waals surface area contributed by atoms with Crippen molar-refractivity contribution in [3.05, 3.63) is 54.1 Å². The third-order valence-electron chi connectivity index (χ3n) is 5.25. The first-order valence-corrected chi connectivity index (χ1v) is 11.9. The predicted molar refractivity (Wildman–Crippen MR) is 140 cm³/mol. The number of halogens is 1. The Bertz CT molecular complexity index is 991. The first-order valence-electron chi connectivity index (χ1n) is 10.4. The molecule has 1 aliphatic heterocycles. The van der Waals surface area contributed by atoms with Crippen LogP contribution < -0.4 is 19.7 Å². The first-order chi connectivity index (χ1) is 15.0. The van der Waals surface area contributed by atoms with Crippen molar-refractivity contribution in [2.75, 3.05) is 51.8 Å². The van der Waals surface area contributed by atoms with Crippen LogP contribution in [0.3, 0.4) is 0 Å². The summed E-state index contributed by atoms with van der Waals surface area (Å²) in [4.78, 5) is 9.64. The van der Waals surface area contributed by atoms with Gasteiger partial charge in [-0.1, -0.05) is 18.2 Å². The van der Waals surface area contributed by atoms with Crippen molar-refractivity contribution in [1.82, 2.24) is 14.9 Å². The van der Waals surface area contributed by atoms with E-state index in [9.17, 15) is 8.42 Å². The lowest BCUT2D eigenvalue weighted by Gasteiger charge is -2.37. The molecule has 0 aliphatic carbocycles. The highest BCUT2D eigenvalue weighted by molar-refractivity contribution is 14.0. The lowest BCUT2D eigenvalue weighted by Crippen LogP contribution is -2.52. The highest BCUT2D eigenvalue weighted by Crippen LogP contribution is 2.22. The van der Waals surface area contributed by atoms with Crippen LogP contribution in [0, 0.1) is 0 Å². The summed E-state index contributed by atoms with van der Waals surface area (Å²) in [5.74, 6) is 1.74. The van der Waals surface area contributed by atoms with Gasteiger partial charge in [-0.05, 0) is 43.8 Å². The van der Waals surface area contributed by atoms with E-state index in [2.05, 4.69) is 38.9 Å². The van der Waals surface area contributed by atoms with Crippen LogP contribution in [0.25, 0.3) is 0 Å². The number of benzene rings is 2. The molecule has 1 aliphatic rings. The highest BCUT2D eigenvalue weighted by Gasteiger charge is 2.20. The van der Waals surface area contributed by atoms with E-state index in [0.717, 1.165) is 55.7 Å². The molecule has 0 amide bonds. The van der Waals surface area contributed by atoms with Gasteiger partial charge in [0.1, 0.15) is 5.75 Å². The molecule has 1 heterocycles.